The van der Waals surface area contributed by atoms with Crippen molar-refractivity contribution >= 4 is 0 Å². The van der Waals surface area contributed by atoms with Crippen LogP contribution in [-0.2, 0) is 6.42 Å². The molecule has 2 N–H and O–H groups in total. The van der Waals surface area contributed by atoms with Crippen LogP contribution in [0.4, 0.5) is 4.39 Å². The Bertz CT molecular complexity index is 432. The molecule has 4 heteroatoms. The first-order valence-electron chi connectivity index (χ1n) is 6.80. The maximum absolute atomic E-state index is 13.3. The van der Waals surface area contributed by atoms with E-state index in [4.69, 9.17) is 10.5 Å². The molecule has 3 nitrogen and oxygen atoms in total. The number of benzene rings is 1. The minimum absolute atomic E-state index is 0.209. The lowest BCUT2D eigenvalue weighted by atomic mass is 10.1. The first-order valence-corrected chi connectivity index (χ1v) is 6.80. The van der Waals surface area contributed by atoms with Crippen molar-refractivity contribution in [3.63, 3.8) is 0 Å². The highest BCUT2D eigenvalue weighted by Crippen LogP contribution is 2.44. The van der Waals surface area contributed by atoms with Gasteiger partial charge < -0.3 is 15.4 Å². The van der Waals surface area contributed by atoms with Gasteiger partial charge >= 0.3 is 0 Å². The molecule has 1 fully saturated rings. The molecule has 0 aliphatic heterocycles. The second kappa shape index (κ2) is 5.88. The number of nitrogens with zero attached hydrogens (tertiary/aromatic N) is 1. The Morgan fingerprint density at radius 2 is 2.16 bits per heavy atom. The topological polar surface area (TPSA) is 38.5 Å². The molecule has 1 aliphatic carbocycles. The van der Waals surface area contributed by atoms with E-state index < -0.39 is 0 Å². The van der Waals surface area contributed by atoms with E-state index in [-0.39, 0.29) is 5.82 Å². The Morgan fingerprint density at radius 3 is 2.74 bits per heavy atom. The minimum Gasteiger partial charge on any atom is -0.496 e. The molecule has 0 atom stereocenters. The normalized spacial score (nSPS) is 16.7. The summed E-state index contributed by atoms with van der Waals surface area (Å²) in [6.07, 6.45) is 3.26. The molecule has 0 heterocycles. The van der Waals surface area contributed by atoms with E-state index in [2.05, 4.69) is 11.9 Å². The van der Waals surface area contributed by atoms with Crippen LogP contribution in [0.2, 0.25) is 0 Å². The van der Waals surface area contributed by atoms with Crippen molar-refractivity contribution < 1.29 is 9.13 Å². The highest BCUT2D eigenvalue weighted by molar-refractivity contribution is 5.34. The van der Waals surface area contributed by atoms with E-state index in [1.165, 1.54) is 18.9 Å². The van der Waals surface area contributed by atoms with Crippen molar-refractivity contribution in [2.24, 2.45) is 11.1 Å². The van der Waals surface area contributed by atoms with Crippen LogP contribution in [0.15, 0.2) is 18.2 Å². The van der Waals surface area contributed by atoms with Crippen LogP contribution in [0.3, 0.4) is 0 Å². The lowest BCUT2D eigenvalue weighted by Gasteiger charge is -2.22. The van der Waals surface area contributed by atoms with Gasteiger partial charge in [-0.05, 0) is 62.0 Å². The van der Waals surface area contributed by atoms with Crippen molar-refractivity contribution in [1.82, 2.24) is 4.90 Å². The summed E-state index contributed by atoms with van der Waals surface area (Å²) in [6.45, 7) is 2.68. The molecule has 106 valence electrons. The predicted octanol–water partition coefficient (Wildman–Crippen LogP) is 2.05. The number of hydrogen-bond donors (Lipinski definition) is 1. The fraction of sp³-hybridized carbons (Fsp3) is 0.600. The second-order valence-electron chi connectivity index (χ2n) is 5.65. The maximum atomic E-state index is 13.3. The number of rotatable bonds is 7. The third-order valence-corrected chi connectivity index (χ3v) is 4.00. The molecule has 1 aliphatic rings. The van der Waals surface area contributed by atoms with Crippen molar-refractivity contribution in [3.05, 3.63) is 29.6 Å². The van der Waals surface area contributed by atoms with Gasteiger partial charge in [0.1, 0.15) is 11.6 Å². The molecule has 19 heavy (non-hydrogen) atoms. The zero-order chi connectivity index (χ0) is 13.9. The maximum Gasteiger partial charge on any atom is 0.123 e. The van der Waals surface area contributed by atoms with Crippen molar-refractivity contribution in [2.75, 3.05) is 33.8 Å². The van der Waals surface area contributed by atoms with E-state index in [0.29, 0.717) is 5.41 Å². The first-order chi connectivity index (χ1) is 9.08. The predicted molar refractivity (Wildman–Crippen MR) is 74.9 cm³/mol. The van der Waals surface area contributed by atoms with E-state index in [1.807, 2.05) is 0 Å². The van der Waals surface area contributed by atoms with Crippen LogP contribution in [0.25, 0.3) is 0 Å². The Labute approximate surface area is 114 Å². The average molecular weight is 266 g/mol. The van der Waals surface area contributed by atoms with E-state index in [1.54, 1.807) is 19.2 Å². The van der Waals surface area contributed by atoms with Crippen LogP contribution in [0, 0.1) is 11.2 Å². The number of ether oxygens (including phenoxy) is 1. The Kier molecular flexibility index (Phi) is 4.42. The molecule has 0 saturated heterocycles. The van der Waals surface area contributed by atoms with Crippen molar-refractivity contribution in [1.29, 1.82) is 0 Å². The zero-order valence-corrected chi connectivity index (χ0v) is 11.8. The van der Waals surface area contributed by atoms with Gasteiger partial charge in [-0.15, -0.1) is 0 Å². The second-order valence-corrected chi connectivity index (χ2v) is 5.65. The summed E-state index contributed by atoms with van der Waals surface area (Å²) >= 11 is 0. The molecule has 1 aromatic carbocycles. The monoisotopic (exact) mass is 266 g/mol. The Hall–Kier alpha value is -1.13. The summed E-state index contributed by atoms with van der Waals surface area (Å²) in [5, 5.41) is 0. The minimum atomic E-state index is -0.209. The van der Waals surface area contributed by atoms with Crippen LogP contribution < -0.4 is 10.5 Å². The highest BCUT2D eigenvalue weighted by atomic mass is 19.1. The largest absolute Gasteiger partial charge is 0.496 e. The summed E-state index contributed by atoms with van der Waals surface area (Å²) in [6, 6.07) is 4.68. The van der Waals surface area contributed by atoms with Gasteiger partial charge in [0.05, 0.1) is 7.11 Å². The standard InChI is InChI=1S/C15H23FN2O/c1-18(11-15(10-17)6-7-15)8-5-12-9-13(16)3-4-14(12)19-2/h3-4,9H,5-8,10-11,17H2,1-2H3. The molecule has 2 rings (SSSR count). The van der Waals surface area contributed by atoms with Crippen LogP contribution in [0.5, 0.6) is 5.75 Å². The van der Waals surface area contributed by atoms with Gasteiger partial charge in [-0.2, -0.15) is 0 Å². The molecule has 0 spiro atoms. The summed E-state index contributed by atoms with van der Waals surface area (Å²) in [5.74, 6) is 0.550. The van der Waals surface area contributed by atoms with Crippen LogP contribution >= 0.6 is 0 Å². The first kappa shape index (κ1) is 14.3. The molecule has 1 saturated carbocycles. The third-order valence-electron chi connectivity index (χ3n) is 4.00. The number of methoxy groups -OCH3 is 1. The van der Waals surface area contributed by atoms with Crippen molar-refractivity contribution in [2.45, 2.75) is 19.3 Å². The fourth-order valence-corrected chi connectivity index (χ4v) is 2.51. The van der Waals surface area contributed by atoms with Gasteiger partial charge in [0.2, 0.25) is 0 Å². The molecule has 0 radical (unpaired) electrons. The van der Waals surface area contributed by atoms with Gasteiger partial charge in [0.15, 0.2) is 0 Å². The van der Waals surface area contributed by atoms with Gasteiger partial charge in [0.25, 0.3) is 0 Å². The number of nitrogens with two attached hydrogens (primary N) is 1. The summed E-state index contributed by atoms with van der Waals surface area (Å²) < 4.78 is 18.5. The lowest BCUT2D eigenvalue weighted by molar-refractivity contribution is 0.268. The molecular weight excluding hydrogens is 243 g/mol. The fourth-order valence-electron chi connectivity index (χ4n) is 2.51. The number of halogens is 1. The highest BCUT2D eigenvalue weighted by Gasteiger charge is 2.41. The molecule has 0 unspecified atom stereocenters. The number of hydrogen-bond acceptors (Lipinski definition) is 3. The Balaban J connectivity index is 1.89. The molecular formula is C15H23FN2O. The van der Waals surface area contributed by atoms with Crippen molar-refractivity contribution in [3.8, 4) is 5.75 Å². The lowest BCUT2D eigenvalue weighted by Crippen LogP contribution is -2.32. The van der Waals surface area contributed by atoms with Crippen LogP contribution in [0.1, 0.15) is 18.4 Å². The number of likely N-dealkylation sites (N-methyl/N-ethyl adjacent to an activating group) is 1. The molecule has 1 aromatic rings. The van der Waals surface area contributed by atoms with E-state index in [9.17, 15) is 4.39 Å². The quantitative estimate of drug-likeness (QED) is 0.821. The smallest absolute Gasteiger partial charge is 0.123 e. The molecule has 0 aromatic heterocycles. The third kappa shape index (κ3) is 3.67. The SMILES string of the molecule is COc1ccc(F)cc1CCN(C)CC1(CN)CC1. The van der Waals surface area contributed by atoms with Gasteiger partial charge in [-0.3, -0.25) is 0 Å². The van der Waals surface area contributed by atoms with Gasteiger partial charge in [-0.25, -0.2) is 4.39 Å². The summed E-state index contributed by atoms with van der Waals surface area (Å²) in [7, 11) is 3.72. The Morgan fingerprint density at radius 1 is 1.42 bits per heavy atom. The molecule has 0 bridgehead atoms. The summed E-state index contributed by atoms with van der Waals surface area (Å²) in [4.78, 5) is 2.28. The van der Waals surface area contributed by atoms with E-state index in [0.717, 1.165) is 37.4 Å². The zero-order valence-electron chi connectivity index (χ0n) is 11.8. The van der Waals surface area contributed by atoms with Gasteiger partial charge in [-0.1, -0.05) is 0 Å². The van der Waals surface area contributed by atoms with E-state index >= 15 is 0 Å². The van der Waals surface area contributed by atoms with Gasteiger partial charge in [0, 0.05) is 13.1 Å². The molecule has 0 amide bonds. The van der Waals surface area contributed by atoms with Crippen LogP contribution in [-0.4, -0.2) is 38.7 Å². The summed E-state index contributed by atoms with van der Waals surface area (Å²) in [5.41, 5.74) is 7.06. The average Bonchev–Trinajstić information content (AvgIpc) is 3.17.